The van der Waals surface area contributed by atoms with Gasteiger partial charge in [0.05, 0.1) is 18.4 Å². The molecule has 0 aromatic heterocycles. The van der Waals surface area contributed by atoms with Crippen LogP contribution in [0.15, 0.2) is 89.9 Å². The van der Waals surface area contributed by atoms with Crippen molar-refractivity contribution in [3.8, 4) is 11.5 Å². The van der Waals surface area contributed by atoms with Gasteiger partial charge >= 0.3 is 0 Å². The Morgan fingerprint density at radius 2 is 1.73 bits per heavy atom. The van der Waals surface area contributed by atoms with Crippen LogP contribution in [-0.4, -0.2) is 24.3 Å². The summed E-state index contributed by atoms with van der Waals surface area (Å²) in [4.78, 5) is 17.3. The summed E-state index contributed by atoms with van der Waals surface area (Å²) in [6, 6.07) is 25.7. The van der Waals surface area contributed by atoms with Gasteiger partial charge in [-0.3, -0.25) is 9.79 Å². The number of carbonyl (C=O) groups is 1. The van der Waals surface area contributed by atoms with Gasteiger partial charge in [-0.2, -0.15) is 0 Å². The first-order chi connectivity index (χ1) is 14.7. The number of phenolic OH excluding ortho intramolecular Hbond substituents is 1. The topological polar surface area (TPSA) is 70.9 Å². The predicted octanol–water partition coefficient (Wildman–Crippen LogP) is 5.56. The molecule has 4 rings (SSSR count). The molecule has 0 saturated heterocycles. The fraction of sp³-hybridized carbons (Fsp3) is 0.0400. The van der Waals surface area contributed by atoms with E-state index in [9.17, 15) is 9.90 Å². The minimum atomic E-state index is -0.388. The van der Waals surface area contributed by atoms with Gasteiger partial charge in [0, 0.05) is 23.5 Å². The number of amides is 1. The van der Waals surface area contributed by atoms with Crippen molar-refractivity contribution in [1.29, 1.82) is 0 Å². The van der Waals surface area contributed by atoms with Gasteiger partial charge in [0.15, 0.2) is 0 Å². The zero-order valence-electron chi connectivity index (χ0n) is 16.4. The van der Waals surface area contributed by atoms with E-state index in [4.69, 9.17) is 4.74 Å². The molecule has 1 amide bonds. The number of hydrogen-bond donors (Lipinski definition) is 2. The number of carbonyl (C=O) groups excluding carboxylic acids is 1. The molecule has 4 aromatic rings. The molecule has 2 N–H and O–H groups in total. The van der Waals surface area contributed by atoms with Gasteiger partial charge in [0.2, 0.25) is 0 Å². The van der Waals surface area contributed by atoms with Gasteiger partial charge in [0.1, 0.15) is 11.5 Å². The van der Waals surface area contributed by atoms with Gasteiger partial charge in [-0.1, -0.05) is 48.5 Å². The fourth-order valence-electron chi connectivity index (χ4n) is 3.22. The molecule has 0 unspecified atom stereocenters. The summed E-state index contributed by atoms with van der Waals surface area (Å²) in [7, 11) is 1.59. The lowest BCUT2D eigenvalue weighted by Crippen LogP contribution is -2.12. The molecular weight excluding hydrogens is 376 g/mol. The van der Waals surface area contributed by atoms with Crippen LogP contribution in [0, 0.1) is 0 Å². The fourth-order valence-corrected chi connectivity index (χ4v) is 3.22. The standard InChI is InChI=1S/C25H20N2O3/c1-30-20-12-7-11-19(15-20)26-16-23-21-13-6-5-8-17(21)14-22(24(23)28)25(29)27-18-9-3-2-4-10-18/h2-16,28H,1H3,(H,27,29). The summed E-state index contributed by atoms with van der Waals surface area (Å²) in [5.74, 6) is 0.184. The highest BCUT2D eigenvalue weighted by Crippen LogP contribution is 2.31. The van der Waals surface area contributed by atoms with Crippen LogP contribution in [0.25, 0.3) is 10.8 Å². The molecule has 4 aromatic carbocycles. The van der Waals surface area contributed by atoms with Crippen molar-refractivity contribution < 1.29 is 14.6 Å². The van der Waals surface area contributed by atoms with Gasteiger partial charge in [-0.15, -0.1) is 0 Å². The number of hydrogen-bond acceptors (Lipinski definition) is 4. The van der Waals surface area contributed by atoms with Crippen LogP contribution in [-0.2, 0) is 0 Å². The monoisotopic (exact) mass is 396 g/mol. The van der Waals surface area contributed by atoms with E-state index < -0.39 is 0 Å². The molecule has 148 valence electrons. The summed E-state index contributed by atoms with van der Waals surface area (Å²) in [6.45, 7) is 0. The molecule has 0 aliphatic heterocycles. The Kier molecular flexibility index (Phi) is 5.44. The molecule has 0 bridgehead atoms. The molecule has 0 saturated carbocycles. The highest BCUT2D eigenvalue weighted by molar-refractivity contribution is 6.13. The van der Waals surface area contributed by atoms with Gasteiger partial charge < -0.3 is 15.2 Å². The molecule has 5 heteroatoms. The van der Waals surface area contributed by atoms with Crippen LogP contribution in [0.4, 0.5) is 11.4 Å². The van der Waals surface area contributed by atoms with E-state index in [1.807, 2.05) is 60.7 Å². The molecule has 0 atom stereocenters. The van der Waals surface area contributed by atoms with Gasteiger partial charge in [-0.25, -0.2) is 0 Å². The van der Waals surface area contributed by atoms with Crippen molar-refractivity contribution in [2.45, 2.75) is 0 Å². The number of nitrogens with zero attached hydrogens (tertiary/aromatic N) is 1. The second-order valence-electron chi connectivity index (χ2n) is 6.69. The van der Waals surface area contributed by atoms with Crippen LogP contribution in [0.2, 0.25) is 0 Å². The Labute approximate surface area is 174 Å². The second-order valence-corrected chi connectivity index (χ2v) is 6.69. The maximum absolute atomic E-state index is 12.9. The Hall–Kier alpha value is -4.12. The van der Waals surface area contributed by atoms with Gasteiger partial charge in [-0.05, 0) is 41.1 Å². The molecule has 0 aliphatic carbocycles. The lowest BCUT2D eigenvalue weighted by Gasteiger charge is -2.12. The summed E-state index contributed by atoms with van der Waals surface area (Å²) >= 11 is 0. The average Bonchev–Trinajstić information content (AvgIpc) is 2.79. The summed E-state index contributed by atoms with van der Waals surface area (Å²) in [5, 5.41) is 15.4. The zero-order chi connectivity index (χ0) is 20.9. The SMILES string of the molecule is COc1cccc(N=Cc2c(O)c(C(=O)Nc3ccccc3)cc3ccccc23)c1. The van der Waals surface area contributed by atoms with Crippen LogP contribution in [0.3, 0.4) is 0 Å². The minimum absolute atomic E-state index is 0.117. The maximum atomic E-state index is 12.9. The lowest BCUT2D eigenvalue weighted by molar-refractivity contribution is 0.102. The normalized spacial score (nSPS) is 11.0. The Morgan fingerprint density at radius 1 is 0.967 bits per heavy atom. The number of para-hydroxylation sites is 1. The number of benzene rings is 4. The molecule has 0 fully saturated rings. The molecule has 30 heavy (non-hydrogen) atoms. The van der Waals surface area contributed by atoms with Crippen molar-refractivity contribution in [3.63, 3.8) is 0 Å². The number of phenols is 1. The van der Waals surface area contributed by atoms with E-state index >= 15 is 0 Å². The maximum Gasteiger partial charge on any atom is 0.259 e. The van der Waals surface area contributed by atoms with Crippen LogP contribution in [0.5, 0.6) is 11.5 Å². The highest BCUT2D eigenvalue weighted by Gasteiger charge is 2.17. The summed E-state index contributed by atoms with van der Waals surface area (Å²) in [5.41, 5.74) is 2.00. The van der Waals surface area contributed by atoms with E-state index in [1.165, 1.54) is 0 Å². The van der Waals surface area contributed by atoms with Crippen LogP contribution < -0.4 is 10.1 Å². The molecular formula is C25H20N2O3. The summed E-state index contributed by atoms with van der Waals surface area (Å²) in [6.07, 6.45) is 1.58. The van der Waals surface area contributed by atoms with E-state index in [0.717, 1.165) is 10.8 Å². The first kappa shape index (κ1) is 19.2. The summed E-state index contributed by atoms with van der Waals surface area (Å²) < 4.78 is 5.23. The van der Waals surface area contributed by atoms with Crippen molar-refractivity contribution >= 4 is 34.3 Å². The Bertz CT molecular complexity index is 1230. The molecule has 5 nitrogen and oxygen atoms in total. The molecule has 0 radical (unpaired) electrons. The number of fused-ring (bicyclic) bond motifs is 1. The van der Waals surface area contributed by atoms with E-state index in [1.54, 1.807) is 37.6 Å². The number of anilines is 1. The first-order valence-electron chi connectivity index (χ1n) is 9.45. The van der Waals surface area contributed by atoms with Crippen LogP contribution >= 0.6 is 0 Å². The Balaban J connectivity index is 1.77. The number of ether oxygens (including phenoxy) is 1. The minimum Gasteiger partial charge on any atom is -0.506 e. The third-order valence-corrected chi connectivity index (χ3v) is 4.73. The number of aliphatic imine (C=N–C) groups is 1. The van der Waals surface area contributed by atoms with Gasteiger partial charge in [0.25, 0.3) is 5.91 Å². The zero-order valence-corrected chi connectivity index (χ0v) is 16.4. The third kappa shape index (κ3) is 4.00. The van der Waals surface area contributed by atoms with E-state index in [0.29, 0.717) is 22.7 Å². The average molecular weight is 396 g/mol. The number of aromatic hydroxyl groups is 1. The first-order valence-corrected chi connectivity index (χ1v) is 9.45. The number of methoxy groups -OCH3 is 1. The van der Waals surface area contributed by atoms with Crippen molar-refractivity contribution in [3.05, 3.63) is 96.1 Å². The van der Waals surface area contributed by atoms with Crippen LogP contribution in [0.1, 0.15) is 15.9 Å². The molecule has 0 spiro atoms. The number of rotatable bonds is 5. The smallest absolute Gasteiger partial charge is 0.259 e. The lowest BCUT2D eigenvalue weighted by atomic mass is 9.99. The number of nitrogens with one attached hydrogen (secondary N) is 1. The van der Waals surface area contributed by atoms with Crippen molar-refractivity contribution in [1.82, 2.24) is 0 Å². The molecule has 0 heterocycles. The van der Waals surface area contributed by atoms with Crippen molar-refractivity contribution in [2.75, 3.05) is 12.4 Å². The quantitative estimate of drug-likeness (QED) is 0.434. The van der Waals surface area contributed by atoms with E-state index in [-0.39, 0.29) is 17.2 Å². The third-order valence-electron chi connectivity index (χ3n) is 4.73. The highest BCUT2D eigenvalue weighted by atomic mass is 16.5. The molecule has 0 aliphatic rings. The second kappa shape index (κ2) is 8.49. The largest absolute Gasteiger partial charge is 0.506 e. The van der Waals surface area contributed by atoms with Crippen molar-refractivity contribution in [2.24, 2.45) is 4.99 Å². The predicted molar refractivity (Wildman–Crippen MR) is 120 cm³/mol. The Morgan fingerprint density at radius 3 is 2.53 bits per heavy atom. The van der Waals surface area contributed by atoms with E-state index in [2.05, 4.69) is 10.3 Å².